The second kappa shape index (κ2) is 12.5. The topological polar surface area (TPSA) is 87.2 Å². The first-order chi connectivity index (χ1) is 15.6. The van der Waals surface area contributed by atoms with Crippen LogP contribution in [0.4, 0.5) is 0 Å². The molecule has 1 aromatic carbocycles. The lowest BCUT2D eigenvalue weighted by atomic mass is 10.0. The van der Waals surface area contributed by atoms with Crippen LogP contribution in [0.1, 0.15) is 44.7 Å². The number of carbonyl (C=O) groups is 2. The SMILES string of the molecule is CCS(=O)(=O)N(CC(=O)N(Cc1ccc(C)cc1)C1CCN(C(=O)COC)CC1)CC(C)C. The molecule has 0 aliphatic carbocycles. The molecule has 2 rings (SSSR count). The van der Waals surface area contributed by atoms with Crippen LogP contribution in [0.5, 0.6) is 0 Å². The zero-order valence-corrected chi connectivity index (χ0v) is 21.4. The number of carbonyl (C=O) groups excluding carboxylic acids is 2. The van der Waals surface area contributed by atoms with Crippen LogP contribution in [0.15, 0.2) is 24.3 Å². The summed E-state index contributed by atoms with van der Waals surface area (Å²) in [4.78, 5) is 29.2. The standard InChI is InChI=1S/C24H39N3O5S/c1-6-33(30,31)26(15-19(2)3)17-23(28)27(16-21-9-7-20(4)8-10-21)22-11-13-25(14-12-22)24(29)18-32-5/h7-10,19,22H,6,11-18H2,1-5H3. The van der Waals surface area contributed by atoms with Crippen molar-refractivity contribution in [1.82, 2.24) is 14.1 Å². The van der Waals surface area contributed by atoms with Crippen molar-refractivity contribution in [1.29, 1.82) is 0 Å². The van der Waals surface area contributed by atoms with Gasteiger partial charge >= 0.3 is 0 Å². The number of piperidine rings is 1. The Bertz CT molecular complexity index is 878. The molecule has 1 saturated heterocycles. The van der Waals surface area contributed by atoms with Crippen LogP contribution >= 0.6 is 0 Å². The van der Waals surface area contributed by atoms with Crippen LogP contribution in [0, 0.1) is 12.8 Å². The Kier molecular flexibility index (Phi) is 10.3. The number of sulfonamides is 1. The van der Waals surface area contributed by atoms with Crippen LogP contribution in [-0.4, -0.2) is 86.0 Å². The van der Waals surface area contributed by atoms with E-state index in [1.165, 1.54) is 11.4 Å². The Morgan fingerprint density at radius 2 is 1.76 bits per heavy atom. The molecule has 0 bridgehead atoms. The highest BCUT2D eigenvalue weighted by atomic mass is 32.2. The fourth-order valence-corrected chi connectivity index (χ4v) is 5.26. The number of nitrogens with zero attached hydrogens (tertiary/aromatic N) is 3. The molecular formula is C24H39N3O5S. The summed E-state index contributed by atoms with van der Waals surface area (Å²) in [6, 6.07) is 7.96. The molecule has 8 nitrogen and oxygen atoms in total. The molecule has 33 heavy (non-hydrogen) atoms. The molecule has 0 N–H and O–H groups in total. The summed E-state index contributed by atoms with van der Waals surface area (Å²) in [6.45, 7) is 9.21. The monoisotopic (exact) mass is 481 g/mol. The first kappa shape index (κ1) is 27.3. The molecule has 1 aromatic rings. The maximum absolute atomic E-state index is 13.5. The molecule has 0 aromatic heterocycles. The van der Waals surface area contributed by atoms with Crippen molar-refractivity contribution in [2.45, 2.75) is 53.1 Å². The van der Waals surface area contributed by atoms with E-state index < -0.39 is 10.0 Å². The molecule has 0 atom stereocenters. The number of rotatable bonds is 11. The predicted octanol–water partition coefficient (Wildman–Crippen LogP) is 2.27. The third-order valence-electron chi connectivity index (χ3n) is 5.96. The van der Waals surface area contributed by atoms with Crippen molar-refractivity contribution >= 4 is 21.8 Å². The molecule has 186 valence electrons. The van der Waals surface area contributed by atoms with E-state index in [2.05, 4.69) is 0 Å². The number of likely N-dealkylation sites (tertiary alicyclic amines) is 1. The lowest BCUT2D eigenvalue weighted by molar-refractivity contribution is -0.139. The van der Waals surface area contributed by atoms with E-state index in [1.807, 2.05) is 45.0 Å². The Morgan fingerprint density at radius 1 is 1.15 bits per heavy atom. The Labute approximate surface area is 198 Å². The molecule has 0 unspecified atom stereocenters. The summed E-state index contributed by atoms with van der Waals surface area (Å²) in [5.74, 6) is -0.176. The first-order valence-corrected chi connectivity index (χ1v) is 13.3. The highest BCUT2D eigenvalue weighted by molar-refractivity contribution is 7.89. The van der Waals surface area contributed by atoms with Gasteiger partial charge in [-0.3, -0.25) is 9.59 Å². The average molecular weight is 482 g/mol. The van der Waals surface area contributed by atoms with Crippen LogP contribution in [0.25, 0.3) is 0 Å². The van der Waals surface area contributed by atoms with Gasteiger partial charge in [0.1, 0.15) is 6.61 Å². The van der Waals surface area contributed by atoms with Gasteiger partial charge in [-0.25, -0.2) is 8.42 Å². The smallest absolute Gasteiger partial charge is 0.248 e. The molecule has 2 amide bonds. The Morgan fingerprint density at radius 3 is 2.27 bits per heavy atom. The number of hydrogen-bond donors (Lipinski definition) is 0. The van der Waals surface area contributed by atoms with Crippen molar-refractivity contribution < 1.29 is 22.7 Å². The summed E-state index contributed by atoms with van der Waals surface area (Å²) in [7, 11) is -2.00. The van der Waals surface area contributed by atoms with Gasteiger partial charge in [0.05, 0.1) is 12.3 Å². The number of methoxy groups -OCH3 is 1. The number of benzene rings is 1. The highest BCUT2D eigenvalue weighted by Crippen LogP contribution is 2.21. The van der Waals surface area contributed by atoms with Crippen molar-refractivity contribution in [2.75, 3.05) is 45.6 Å². The molecule has 0 radical (unpaired) electrons. The van der Waals surface area contributed by atoms with E-state index in [-0.39, 0.29) is 42.7 Å². The molecule has 1 heterocycles. The van der Waals surface area contributed by atoms with Gasteiger partial charge in [0, 0.05) is 39.3 Å². The number of ether oxygens (including phenoxy) is 1. The van der Waals surface area contributed by atoms with Crippen molar-refractivity contribution in [3.8, 4) is 0 Å². The number of aryl methyl sites for hydroxylation is 1. The minimum atomic E-state index is -3.50. The van der Waals surface area contributed by atoms with E-state index in [9.17, 15) is 18.0 Å². The number of hydrogen-bond acceptors (Lipinski definition) is 5. The third-order valence-corrected chi connectivity index (χ3v) is 7.75. The van der Waals surface area contributed by atoms with Crippen molar-refractivity contribution in [3.05, 3.63) is 35.4 Å². The third kappa shape index (κ3) is 8.08. The quantitative estimate of drug-likeness (QED) is 0.484. The van der Waals surface area contributed by atoms with Gasteiger partial charge in [0.25, 0.3) is 0 Å². The first-order valence-electron chi connectivity index (χ1n) is 11.7. The van der Waals surface area contributed by atoms with Crippen LogP contribution in [0.3, 0.4) is 0 Å². The van der Waals surface area contributed by atoms with Crippen molar-refractivity contribution in [3.63, 3.8) is 0 Å². The Balaban J connectivity index is 2.22. The molecule has 9 heteroatoms. The second-order valence-corrected chi connectivity index (χ2v) is 11.4. The maximum Gasteiger partial charge on any atom is 0.248 e. The molecular weight excluding hydrogens is 442 g/mol. The van der Waals surface area contributed by atoms with Crippen molar-refractivity contribution in [2.24, 2.45) is 5.92 Å². The predicted molar refractivity (Wildman–Crippen MR) is 129 cm³/mol. The van der Waals surface area contributed by atoms with Crippen LogP contribution in [-0.2, 0) is 30.9 Å². The van der Waals surface area contributed by atoms with E-state index >= 15 is 0 Å². The van der Waals surface area contributed by atoms with Gasteiger partial charge in [-0.2, -0.15) is 4.31 Å². The summed E-state index contributed by atoms with van der Waals surface area (Å²) >= 11 is 0. The minimum Gasteiger partial charge on any atom is -0.375 e. The van der Waals surface area contributed by atoms with Gasteiger partial charge in [-0.15, -0.1) is 0 Å². The molecule has 0 spiro atoms. The maximum atomic E-state index is 13.5. The zero-order chi connectivity index (χ0) is 24.6. The highest BCUT2D eigenvalue weighted by Gasteiger charge is 2.32. The zero-order valence-electron chi connectivity index (χ0n) is 20.6. The molecule has 1 aliphatic heterocycles. The van der Waals surface area contributed by atoms with Crippen LogP contribution in [0.2, 0.25) is 0 Å². The fourth-order valence-electron chi connectivity index (χ4n) is 4.06. The van der Waals surface area contributed by atoms with E-state index in [0.29, 0.717) is 39.0 Å². The van der Waals surface area contributed by atoms with E-state index in [1.54, 1.807) is 16.7 Å². The van der Waals surface area contributed by atoms with E-state index in [4.69, 9.17) is 4.74 Å². The van der Waals surface area contributed by atoms with Gasteiger partial charge in [-0.05, 0) is 38.2 Å². The summed E-state index contributed by atoms with van der Waals surface area (Å²) in [5, 5.41) is 0. The molecule has 1 fully saturated rings. The average Bonchev–Trinajstić information content (AvgIpc) is 2.78. The molecule has 0 saturated carbocycles. The Hall–Kier alpha value is -1.97. The summed E-state index contributed by atoms with van der Waals surface area (Å²) in [6.07, 6.45) is 1.30. The second-order valence-electron chi connectivity index (χ2n) is 9.14. The van der Waals surface area contributed by atoms with Gasteiger partial charge in [0.2, 0.25) is 21.8 Å². The lowest BCUT2D eigenvalue weighted by Crippen LogP contribution is -2.52. The number of amides is 2. The summed E-state index contributed by atoms with van der Waals surface area (Å²) < 4.78 is 31.6. The van der Waals surface area contributed by atoms with Gasteiger partial charge < -0.3 is 14.5 Å². The largest absolute Gasteiger partial charge is 0.375 e. The lowest BCUT2D eigenvalue weighted by Gasteiger charge is -2.39. The summed E-state index contributed by atoms with van der Waals surface area (Å²) in [5.41, 5.74) is 2.14. The van der Waals surface area contributed by atoms with Crippen LogP contribution < -0.4 is 0 Å². The van der Waals surface area contributed by atoms with Gasteiger partial charge in [0.15, 0.2) is 0 Å². The fraction of sp³-hybridized carbons (Fsp3) is 0.667. The minimum absolute atomic E-state index is 0.0367. The molecule has 1 aliphatic rings. The van der Waals surface area contributed by atoms with E-state index in [0.717, 1.165) is 11.1 Å². The van der Waals surface area contributed by atoms with Gasteiger partial charge in [-0.1, -0.05) is 43.7 Å². The normalized spacial score (nSPS) is 15.3.